The maximum absolute atomic E-state index is 15.2. The summed E-state index contributed by atoms with van der Waals surface area (Å²) >= 11 is 0. The molecule has 3 aromatic rings. The molecule has 2 aromatic carbocycles. The minimum atomic E-state index is -3.75. The SMILES string of the molecule is CC1(c2cc3cc(NC(=O)C4(c5ccc6c(c5)OC(F)(F)O6)CC4)c(F)cc3n2C[C@@H](O)CO)CC1.[HH]. The number of anilines is 1. The molecule has 0 spiro atoms. The zero-order chi connectivity index (χ0) is 25.5. The number of nitrogens with one attached hydrogen (secondary N) is 1. The van der Waals surface area contributed by atoms with Crippen LogP contribution in [-0.4, -0.2) is 39.7 Å². The van der Waals surface area contributed by atoms with Gasteiger partial charge < -0.3 is 29.6 Å². The summed E-state index contributed by atoms with van der Waals surface area (Å²) < 4.78 is 52.8. The number of benzene rings is 2. The number of aliphatic hydroxyl groups is 2. The Labute approximate surface area is 205 Å². The van der Waals surface area contributed by atoms with Gasteiger partial charge in [-0.3, -0.25) is 4.79 Å². The molecule has 36 heavy (non-hydrogen) atoms. The molecule has 1 atom stereocenters. The number of aromatic nitrogens is 1. The van der Waals surface area contributed by atoms with Gasteiger partial charge in [-0.2, -0.15) is 0 Å². The highest BCUT2D eigenvalue weighted by Crippen LogP contribution is 2.53. The average molecular weight is 505 g/mol. The molecular formula is C26H27F3N2O5. The Kier molecular flexibility index (Phi) is 4.91. The van der Waals surface area contributed by atoms with Crippen molar-refractivity contribution in [1.82, 2.24) is 4.57 Å². The van der Waals surface area contributed by atoms with Gasteiger partial charge in [0.25, 0.3) is 0 Å². The van der Waals surface area contributed by atoms with E-state index < -0.39 is 36.1 Å². The molecular weight excluding hydrogens is 477 g/mol. The fraction of sp³-hybridized carbons (Fsp3) is 0.423. The van der Waals surface area contributed by atoms with Crippen LogP contribution in [0.15, 0.2) is 36.4 Å². The van der Waals surface area contributed by atoms with Gasteiger partial charge in [0.2, 0.25) is 5.91 Å². The predicted molar refractivity (Wildman–Crippen MR) is 126 cm³/mol. The predicted octanol–water partition coefficient (Wildman–Crippen LogP) is 4.42. The van der Waals surface area contributed by atoms with Gasteiger partial charge in [0, 0.05) is 24.0 Å². The number of nitrogens with zero attached hydrogens (tertiary/aromatic N) is 1. The summed E-state index contributed by atoms with van der Waals surface area (Å²) in [5.41, 5.74) is 0.972. The van der Waals surface area contributed by atoms with Gasteiger partial charge in [-0.15, -0.1) is 8.78 Å². The van der Waals surface area contributed by atoms with Crippen molar-refractivity contribution in [2.45, 2.75) is 62.4 Å². The molecule has 0 unspecified atom stereocenters. The van der Waals surface area contributed by atoms with Crippen LogP contribution in [0.3, 0.4) is 0 Å². The van der Waals surface area contributed by atoms with E-state index in [2.05, 4.69) is 21.7 Å². The van der Waals surface area contributed by atoms with Crippen molar-refractivity contribution in [3.8, 4) is 11.5 Å². The number of fused-ring (bicyclic) bond motifs is 2. The van der Waals surface area contributed by atoms with Crippen molar-refractivity contribution in [2.75, 3.05) is 11.9 Å². The van der Waals surface area contributed by atoms with Gasteiger partial charge in [0.1, 0.15) is 5.82 Å². The molecule has 2 fully saturated rings. The molecule has 0 bridgehead atoms. The standard InChI is InChI=1S/C26H25F3N2O5.H2/c1-24(4-5-24)22-9-14-8-18(17(27)11-19(14)31(22)12-16(33)13-32)30-23(34)25(6-7-25)15-2-3-20-21(10-15)36-26(28,29)35-20;/h2-3,8-11,16,32-33H,4-7,12-13H2,1H3,(H,30,34);1H/t16-;/m1./s1. The van der Waals surface area contributed by atoms with Crippen LogP contribution >= 0.6 is 0 Å². The Morgan fingerprint density at radius 2 is 1.86 bits per heavy atom. The first-order valence-corrected chi connectivity index (χ1v) is 11.9. The smallest absolute Gasteiger partial charge is 0.395 e. The van der Waals surface area contributed by atoms with E-state index >= 15 is 4.39 Å². The summed E-state index contributed by atoms with van der Waals surface area (Å²) in [7, 11) is 0. The maximum atomic E-state index is 15.2. The Balaban J connectivity index is 0.00000280. The number of aliphatic hydroxyl groups excluding tert-OH is 2. The van der Waals surface area contributed by atoms with Crippen LogP contribution in [0, 0.1) is 5.82 Å². The number of amides is 1. The van der Waals surface area contributed by atoms with Gasteiger partial charge in [-0.25, -0.2) is 4.39 Å². The van der Waals surface area contributed by atoms with Crippen molar-refractivity contribution < 1.29 is 39.1 Å². The van der Waals surface area contributed by atoms with Gasteiger partial charge in [-0.05, 0) is 55.5 Å². The van der Waals surface area contributed by atoms with E-state index in [-0.39, 0.29) is 30.6 Å². The van der Waals surface area contributed by atoms with E-state index in [1.165, 1.54) is 18.2 Å². The summed E-state index contributed by atoms with van der Waals surface area (Å²) in [6.07, 6.45) is -1.84. The molecule has 3 aliphatic rings. The first-order valence-electron chi connectivity index (χ1n) is 11.9. The van der Waals surface area contributed by atoms with Crippen LogP contribution < -0.4 is 14.8 Å². The minimum Gasteiger partial charge on any atom is -0.395 e. The number of carbonyl (C=O) groups is 1. The third kappa shape index (κ3) is 3.70. The molecule has 2 aliphatic carbocycles. The van der Waals surface area contributed by atoms with Crippen molar-refractivity contribution in [2.24, 2.45) is 0 Å². The Hall–Kier alpha value is -3.24. The lowest BCUT2D eigenvalue weighted by Crippen LogP contribution is -2.28. The van der Waals surface area contributed by atoms with E-state index in [0.717, 1.165) is 18.5 Å². The highest BCUT2D eigenvalue weighted by molar-refractivity contribution is 6.03. The number of alkyl halides is 2. The molecule has 6 rings (SSSR count). The van der Waals surface area contributed by atoms with E-state index in [9.17, 15) is 23.8 Å². The summed E-state index contributed by atoms with van der Waals surface area (Å²) in [4.78, 5) is 13.3. The topological polar surface area (TPSA) is 93.0 Å². The van der Waals surface area contributed by atoms with Crippen LogP contribution in [0.5, 0.6) is 11.5 Å². The zero-order valence-corrected chi connectivity index (χ0v) is 19.5. The molecule has 3 N–H and O–H groups in total. The zero-order valence-electron chi connectivity index (χ0n) is 19.5. The number of hydrogen-bond donors (Lipinski definition) is 3. The Morgan fingerprint density at radius 3 is 2.53 bits per heavy atom. The third-order valence-corrected chi connectivity index (χ3v) is 7.60. The van der Waals surface area contributed by atoms with Gasteiger partial charge >= 0.3 is 6.29 Å². The first-order chi connectivity index (χ1) is 17.0. The van der Waals surface area contributed by atoms with Crippen molar-refractivity contribution in [1.29, 1.82) is 0 Å². The molecule has 0 saturated heterocycles. The summed E-state index contributed by atoms with van der Waals surface area (Å²) in [5.74, 6) is -1.32. The van der Waals surface area contributed by atoms with Gasteiger partial charge in [0.05, 0.1) is 35.9 Å². The normalized spacial score (nSPS) is 20.8. The molecule has 1 aromatic heterocycles. The van der Waals surface area contributed by atoms with Crippen molar-refractivity contribution >= 4 is 22.5 Å². The molecule has 2 saturated carbocycles. The van der Waals surface area contributed by atoms with Crippen LogP contribution in [-0.2, 0) is 22.2 Å². The second-order valence-corrected chi connectivity index (χ2v) is 10.3. The second kappa shape index (κ2) is 7.63. The Morgan fingerprint density at radius 1 is 1.14 bits per heavy atom. The highest BCUT2D eigenvalue weighted by Gasteiger charge is 2.53. The van der Waals surface area contributed by atoms with E-state index in [1.807, 2.05) is 10.6 Å². The number of rotatable bonds is 7. The van der Waals surface area contributed by atoms with E-state index in [1.54, 1.807) is 12.1 Å². The monoisotopic (exact) mass is 504 g/mol. The van der Waals surface area contributed by atoms with Crippen LogP contribution in [0.2, 0.25) is 0 Å². The second-order valence-electron chi connectivity index (χ2n) is 10.3. The lowest BCUT2D eigenvalue weighted by Gasteiger charge is -2.18. The average Bonchev–Trinajstić information content (AvgIpc) is 3.73. The van der Waals surface area contributed by atoms with Gasteiger partial charge in [0.15, 0.2) is 11.5 Å². The molecule has 192 valence electrons. The Bertz CT molecular complexity index is 1400. The molecule has 10 heteroatoms. The molecule has 1 aliphatic heterocycles. The van der Waals surface area contributed by atoms with Crippen LogP contribution in [0.1, 0.15) is 45.3 Å². The number of carbonyl (C=O) groups excluding carboxylic acids is 1. The molecule has 2 heterocycles. The van der Waals surface area contributed by atoms with Crippen molar-refractivity contribution in [3.63, 3.8) is 0 Å². The maximum Gasteiger partial charge on any atom is 0.586 e. The minimum absolute atomic E-state index is 0. The fourth-order valence-corrected chi connectivity index (χ4v) is 5.05. The fourth-order valence-electron chi connectivity index (χ4n) is 5.05. The van der Waals surface area contributed by atoms with E-state index in [4.69, 9.17) is 0 Å². The number of hydrogen-bond acceptors (Lipinski definition) is 5. The largest absolute Gasteiger partial charge is 0.586 e. The van der Waals surface area contributed by atoms with Crippen molar-refractivity contribution in [3.05, 3.63) is 53.5 Å². The summed E-state index contributed by atoms with van der Waals surface area (Å²) in [5, 5.41) is 22.8. The lowest BCUT2D eigenvalue weighted by molar-refractivity contribution is -0.286. The summed E-state index contributed by atoms with van der Waals surface area (Å²) in [6.45, 7) is 1.81. The quantitative estimate of drug-likeness (QED) is 0.443. The van der Waals surface area contributed by atoms with Crippen LogP contribution in [0.4, 0.5) is 18.9 Å². The van der Waals surface area contributed by atoms with E-state index in [0.29, 0.717) is 29.3 Å². The molecule has 7 nitrogen and oxygen atoms in total. The number of halogens is 3. The van der Waals surface area contributed by atoms with Gasteiger partial charge in [-0.1, -0.05) is 13.0 Å². The van der Waals surface area contributed by atoms with Crippen LogP contribution in [0.25, 0.3) is 10.9 Å². The molecule has 1 amide bonds. The highest BCUT2D eigenvalue weighted by atomic mass is 19.3. The molecule has 0 radical (unpaired) electrons. The number of ether oxygens (including phenoxy) is 2. The lowest BCUT2D eigenvalue weighted by atomic mass is 9.94. The first kappa shape index (κ1) is 23.2. The summed E-state index contributed by atoms with van der Waals surface area (Å²) in [6, 6.07) is 9.09. The third-order valence-electron chi connectivity index (χ3n) is 7.60.